The van der Waals surface area contributed by atoms with E-state index in [9.17, 15) is 9.18 Å². The third-order valence-electron chi connectivity index (χ3n) is 1.87. The van der Waals surface area contributed by atoms with Gasteiger partial charge in [-0.05, 0) is 12.1 Å². The highest BCUT2D eigenvalue weighted by atomic mass is 32.2. The average Bonchev–Trinajstić information content (AvgIpc) is 2.29. The van der Waals surface area contributed by atoms with Crippen LogP contribution in [-0.4, -0.2) is 18.2 Å². The second-order valence-electron chi connectivity index (χ2n) is 3.12. The molecule has 1 rings (SSSR count). The highest BCUT2D eigenvalue weighted by Crippen LogP contribution is 2.21. The van der Waals surface area contributed by atoms with Crippen LogP contribution in [0.1, 0.15) is 6.42 Å². The molecular weight excluding hydrogens is 225 g/mol. The molecule has 0 saturated heterocycles. The highest BCUT2D eigenvalue weighted by Gasteiger charge is 2.03. The number of thioether (sulfide) groups is 1. The summed E-state index contributed by atoms with van der Waals surface area (Å²) in [6.45, 7) is 3.98. The maximum absolute atomic E-state index is 13.2. The Balaban J connectivity index is 2.28. The third kappa shape index (κ3) is 4.49. The lowest BCUT2D eigenvalue weighted by Gasteiger charge is -2.03. The molecule has 1 aromatic carbocycles. The van der Waals surface area contributed by atoms with Gasteiger partial charge in [0.1, 0.15) is 5.82 Å². The molecule has 0 aliphatic carbocycles. The van der Waals surface area contributed by atoms with Crippen molar-refractivity contribution >= 4 is 17.7 Å². The lowest BCUT2D eigenvalue weighted by molar-refractivity contribution is -0.120. The predicted molar refractivity (Wildman–Crippen MR) is 64.9 cm³/mol. The Morgan fingerprint density at radius 1 is 1.50 bits per heavy atom. The summed E-state index contributed by atoms with van der Waals surface area (Å²) < 4.78 is 13.2. The van der Waals surface area contributed by atoms with E-state index in [4.69, 9.17) is 0 Å². The van der Waals surface area contributed by atoms with Crippen molar-refractivity contribution in [2.45, 2.75) is 11.3 Å². The fraction of sp³-hybridized carbons (Fsp3) is 0.250. The van der Waals surface area contributed by atoms with Crippen molar-refractivity contribution in [3.8, 4) is 0 Å². The summed E-state index contributed by atoms with van der Waals surface area (Å²) in [5, 5.41) is 2.67. The summed E-state index contributed by atoms with van der Waals surface area (Å²) in [5.74, 6) is 0.298. The average molecular weight is 239 g/mol. The predicted octanol–water partition coefficient (Wildman–Crippen LogP) is 2.61. The summed E-state index contributed by atoms with van der Waals surface area (Å²) in [7, 11) is 0. The maximum Gasteiger partial charge on any atom is 0.221 e. The van der Waals surface area contributed by atoms with Crippen LogP contribution in [0.3, 0.4) is 0 Å². The number of rotatable bonds is 6. The van der Waals surface area contributed by atoms with Crippen molar-refractivity contribution in [1.29, 1.82) is 0 Å². The van der Waals surface area contributed by atoms with Gasteiger partial charge in [0.2, 0.25) is 5.91 Å². The van der Waals surface area contributed by atoms with E-state index in [1.807, 2.05) is 0 Å². The molecule has 0 spiro atoms. The first-order valence-corrected chi connectivity index (χ1v) is 5.97. The van der Waals surface area contributed by atoms with Crippen LogP contribution in [0.5, 0.6) is 0 Å². The molecule has 0 radical (unpaired) electrons. The van der Waals surface area contributed by atoms with Gasteiger partial charge in [-0.1, -0.05) is 18.2 Å². The first kappa shape index (κ1) is 12.8. The molecule has 0 unspecified atom stereocenters. The zero-order chi connectivity index (χ0) is 11.8. The summed E-state index contributed by atoms with van der Waals surface area (Å²) in [6, 6.07) is 6.56. The van der Waals surface area contributed by atoms with Crippen molar-refractivity contribution in [1.82, 2.24) is 5.32 Å². The molecule has 0 heterocycles. The Morgan fingerprint density at radius 2 is 2.25 bits per heavy atom. The molecular formula is C12H14FNOS. The number of halogens is 1. The molecule has 0 bridgehead atoms. The zero-order valence-corrected chi connectivity index (χ0v) is 9.73. The molecule has 0 aromatic heterocycles. The minimum Gasteiger partial charge on any atom is -0.353 e. The minimum atomic E-state index is -0.237. The third-order valence-corrected chi connectivity index (χ3v) is 2.92. The molecule has 1 aromatic rings. The Morgan fingerprint density at radius 3 is 2.94 bits per heavy atom. The first-order valence-electron chi connectivity index (χ1n) is 4.99. The molecule has 0 saturated carbocycles. The number of amides is 1. The van der Waals surface area contributed by atoms with Crippen LogP contribution in [0, 0.1) is 5.82 Å². The van der Waals surface area contributed by atoms with Crippen LogP contribution in [0.25, 0.3) is 0 Å². The summed E-state index contributed by atoms with van der Waals surface area (Å²) in [4.78, 5) is 11.8. The first-order chi connectivity index (χ1) is 7.74. The van der Waals surface area contributed by atoms with E-state index >= 15 is 0 Å². The van der Waals surface area contributed by atoms with Gasteiger partial charge in [-0.3, -0.25) is 4.79 Å². The van der Waals surface area contributed by atoms with Crippen molar-refractivity contribution in [2.75, 3.05) is 12.3 Å². The molecule has 86 valence electrons. The van der Waals surface area contributed by atoms with Gasteiger partial charge in [0.25, 0.3) is 0 Å². The zero-order valence-electron chi connectivity index (χ0n) is 8.91. The SMILES string of the molecule is C=CCNC(=O)CCSc1ccccc1F. The number of nitrogens with one attached hydrogen (secondary N) is 1. The summed E-state index contributed by atoms with van der Waals surface area (Å²) >= 11 is 1.35. The number of carbonyl (C=O) groups is 1. The minimum absolute atomic E-state index is 0.0382. The van der Waals surface area contributed by atoms with Crippen LogP contribution in [0.4, 0.5) is 4.39 Å². The van der Waals surface area contributed by atoms with Gasteiger partial charge in [-0.15, -0.1) is 18.3 Å². The van der Waals surface area contributed by atoms with Gasteiger partial charge in [0.15, 0.2) is 0 Å². The fourth-order valence-corrected chi connectivity index (χ4v) is 1.98. The van der Waals surface area contributed by atoms with Crippen LogP contribution in [0.15, 0.2) is 41.8 Å². The van der Waals surface area contributed by atoms with Gasteiger partial charge >= 0.3 is 0 Å². The number of hydrogen-bond acceptors (Lipinski definition) is 2. The van der Waals surface area contributed by atoms with Crippen molar-refractivity contribution in [2.24, 2.45) is 0 Å². The van der Waals surface area contributed by atoms with Crippen molar-refractivity contribution in [3.05, 3.63) is 42.7 Å². The van der Waals surface area contributed by atoms with E-state index < -0.39 is 0 Å². The van der Waals surface area contributed by atoms with E-state index in [-0.39, 0.29) is 11.7 Å². The van der Waals surface area contributed by atoms with Gasteiger partial charge in [-0.25, -0.2) is 4.39 Å². The number of benzene rings is 1. The molecule has 2 nitrogen and oxygen atoms in total. The van der Waals surface area contributed by atoms with Gasteiger partial charge in [-0.2, -0.15) is 0 Å². The quantitative estimate of drug-likeness (QED) is 0.610. The van der Waals surface area contributed by atoms with Crippen LogP contribution in [-0.2, 0) is 4.79 Å². The molecule has 16 heavy (non-hydrogen) atoms. The normalized spacial score (nSPS) is 9.81. The lowest BCUT2D eigenvalue weighted by atomic mass is 10.3. The van der Waals surface area contributed by atoms with Crippen LogP contribution < -0.4 is 5.32 Å². The second kappa shape index (κ2) is 7.06. The van der Waals surface area contributed by atoms with Crippen molar-refractivity contribution in [3.63, 3.8) is 0 Å². The number of hydrogen-bond donors (Lipinski definition) is 1. The molecule has 1 amide bonds. The summed E-state index contributed by atoms with van der Waals surface area (Å²) in [6.07, 6.45) is 2.01. The standard InChI is InChI=1S/C12H14FNOS/c1-2-8-14-12(15)7-9-16-11-6-4-3-5-10(11)13/h2-6H,1,7-9H2,(H,14,15). The van der Waals surface area contributed by atoms with Gasteiger partial charge < -0.3 is 5.32 Å². The molecule has 0 aliphatic heterocycles. The second-order valence-corrected chi connectivity index (χ2v) is 4.26. The lowest BCUT2D eigenvalue weighted by Crippen LogP contribution is -2.23. The van der Waals surface area contributed by atoms with E-state index in [1.165, 1.54) is 17.8 Å². The van der Waals surface area contributed by atoms with E-state index in [1.54, 1.807) is 24.3 Å². The van der Waals surface area contributed by atoms with Gasteiger partial charge in [0, 0.05) is 23.6 Å². The monoisotopic (exact) mass is 239 g/mol. The van der Waals surface area contributed by atoms with Crippen LogP contribution >= 0.6 is 11.8 Å². The fourth-order valence-electron chi connectivity index (χ4n) is 1.09. The van der Waals surface area contributed by atoms with Gasteiger partial charge in [0.05, 0.1) is 0 Å². The highest BCUT2D eigenvalue weighted by molar-refractivity contribution is 7.99. The summed E-state index contributed by atoms with van der Waals surface area (Å²) in [5.41, 5.74) is 0. The Kier molecular flexibility index (Phi) is 5.64. The Hall–Kier alpha value is -1.29. The van der Waals surface area contributed by atoms with E-state index in [0.29, 0.717) is 23.6 Å². The largest absolute Gasteiger partial charge is 0.353 e. The number of carbonyl (C=O) groups excluding carboxylic acids is 1. The maximum atomic E-state index is 13.2. The molecule has 4 heteroatoms. The van der Waals surface area contributed by atoms with Crippen molar-refractivity contribution < 1.29 is 9.18 Å². The van der Waals surface area contributed by atoms with E-state index in [0.717, 1.165) is 0 Å². The molecule has 0 aliphatic rings. The molecule has 1 N–H and O–H groups in total. The Labute approximate surface area is 98.9 Å². The van der Waals surface area contributed by atoms with E-state index in [2.05, 4.69) is 11.9 Å². The Bertz CT molecular complexity index is 368. The smallest absolute Gasteiger partial charge is 0.221 e. The topological polar surface area (TPSA) is 29.1 Å². The van der Waals surface area contributed by atoms with Crippen LogP contribution in [0.2, 0.25) is 0 Å². The molecule has 0 fully saturated rings. The molecule has 0 atom stereocenters.